The van der Waals surface area contributed by atoms with Crippen LogP contribution in [-0.4, -0.2) is 6.61 Å². The molecule has 1 heterocycles. The molecule has 0 N–H and O–H groups in total. The first-order chi connectivity index (χ1) is 7.93. The Hall–Kier alpha value is -1.96. The maximum atomic E-state index is 5.76. The number of benzene rings is 1. The third-order valence-corrected chi connectivity index (χ3v) is 2.70. The Morgan fingerprint density at radius 1 is 1.25 bits per heavy atom. The van der Waals surface area contributed by atoms with Crippen molar-refractivity contribution in [3.63, 3.8) is 0 Å². The minimum atomic E-state index is 0.632. The van der Waals surface area contributed by atoms with Crippen molar-refractivity contribution in [1.29, 1.82) is 0 Å². The highest BCUT2D eigenvalue weighted by Crippen LogP contribution is 2.27. The molecule has 0 fully saturated rings. The topological polar surface area (TPSA) is 22.4 Å². The Balaban J connectivity index is 1.81. The van der Waals surface area contributed by atoms with Gasteiger partial charge in [0.1, 0.15) is 6.61 Å². The van der Waals surface area contributed by atoms with Gasteiger partial charge in [-0.2, -0.15) is 0 Å². The summed E-state index contributed by atoms with van der Waals surface area (Å²) >= 11 is 0. The number of para-hydroxylation sites is 1. The smallest absolute Gasteiger partial charge is 0.175 e. The van der Waals surface area contributed by atoms with Gasteiger partial charge < -0.3 is 9.15 Å². The summed E-state index contributed by atoms with van der Waals surface area (Å²) in [6.45, 7) is 0.632. The van der Waals surface area contributed by atoms with Crippen molar-refractivity contribution in [2.24, 2.45) is 0 Å². The summed E-state index contributed by atoms with van der Waals surface area (Å²) < 4.78 is 11.2. The molecule has 0 aliphatic heterocycles. The number of allylic oxidation sites excluding steroid dienone is 3. The van der Waals surface area contributed by atoms with Gasteiger partial charge in [0.2, 0.25) is 0 Å². The molecule has 0 atom stereocenters. The molecule has 2 heteroatoms. The largest absolute Gasteiger partial charge is 0.485 e. The third-order valence-electron chi connectivity index (χ3n) is 2.70. The van der Waals surface area contributed by atoms with Crippen molar-refractivity contribution in [2.75, 3.05) is 6.61 Å². The lowest BCUT2D eigenvalue weighted by atomic mass is 10.2. The van der Waals surface area contributed by atoms with Gasteiger partial charge in [0.25, 0.3) is 0 Å². The molecule has 3 rings (SSSR count). The molecule has 0 spiro atoms. The van der Waals surface area contributed by atoms with E-state index in [4.69, 9.17) is 9.15 Å². The van der Waals surface area contributed by atoms with Crippen LogP contribution >= 0.6 is 0 Å². The molecule has 0 saturated heterocycles. The number of furan rings is 1. The Labute approximate surface area is 93.8 Å². The maximum absolute atomic E-state index is 5.76. The van der Waals surface area contributed by atoms with Crippen LogP contribution in [0, 0.1) is 0 Å². The fourth-order valence-electron chi connectivity index (χ4n) is 1.85. The first-order valence-corrected chi connectivity index (χ1v) is 5.37. The summed E-state index contributed by atoms with van der Waals surface area (Å²) in [5, 5.41) is 1.08. The second kappa shape index (κ2) is 3.89. The molecule has 0 bridgehead atoms. The van der Waals surface area contributed by atoms with Crippen LogP contribution in [0.3, 0.4) is 0 Å². The number of fused-ring (bicyclic) bond motifs is 1. The van der Waals surface area contributed by atoms with Gasteiger partial charge >= 0.3 is 0 Å². The Bertz CT molecular complexity index is 561. The fraction of sp³-hybridized carbons (Fsp3) is 0.143. The molecule has 1 aliphatic carbocycles. The zero-order valence-electron chi connectivity index (χ0n) is 8.85. The highest BCUT2D eigenvalue weighted by molar-refractivity contribution is 5.82. The predicted octanol–water partition coefficient (Wildman–Crippen LogP) is 3.70. The monoisotopic (exact) mass is 212 g/mol. The zero-order chi connectivity index (χ0) is 10.8. The van der Waals surface area contributed by atoms with E-state index in [1.807, 2.05) is 24.3 Å². The minimum Gasteiger partial charge on any atom is -0.485 e. The zero-order valence-corrected chi connectivity index (χ0v) is 8.85. The van der Waals surface area contributed by atoms with E-state index in [0.717, 1.165) is 23.1 Å². The van der Waals surface area contributed by atoms with E-state index in [1.165, 1.54) is 5.57 Å². The normalized spacial score (nSPS) is 14.4. The van der Waals surface area contributed by atoms with Crippen LogP contribution in [-0.2, 0) is 0 Å². The summed E-state index contributed by atoms with van der Waals surface area (Å²) in [5.74, 6) is 0.815. The van der Waals surface area contributed by atoms with Crippen LogP contribution < -0.4 is 4.74 Å². The number of hydrogen-bond acceptors (Lipinski definition) is 2. The van der Waals surface area contributed by atoms with Crippen molar-refractivity contribution >= 4 is 11.0 Å². The van der Waals surface area contributed by atoms with Crippen LogP contribution in [0.4, 0.5) is 0 Å². The Kier molecular flexibility index (Phi) is 2.26. The van der Waals surface area contributed by atoms with E-state index >= 15 is 0 Å². The van der Waals surface area contributed by atoms with Crippen molar-refractivity contribution in [1.82, 2.24) is 0 Å². The molecule has 2 nitrogen and oxygen atoms in total. The summed E-state index contributed by atoms with van der Waals surface area (Å²) in [6, 6.07) is 7.88. The van der Waals surface area contributed by atoms with Gasteiger partial charge in [-0.25, -0.2) is 0 Å². The van der Waals surface area contributed by atoms with Gasteiger partial charge in [0.05, 0.1) is 6.26 Å². The van der Waals surface area contributed by atoms with Crippen LogP contribution in [0.1, 0.15) is 6.42 Å². The van der Waals surface area contributed by atoms with E-state index in [2.05, 4.69) is 18.2 Å². The molecule has 0 radical (unpaired) electrons. The lowest BCUT2D eigenvalue weighted by Gasteiger charge is -2.06. The first kappa shape index (κ1) is 9.28. The minimum absolute atomic E-state index is 0.632. The summed E-state index contributed by atoms with van der Waals surface area (Å²) in [4.78, 5) is 0. The Morgan fingerprint density at radius 2 is 2.25 bits per heavy atom. The average molecular weight is 212 g/mol. The van der Waals surface area contributed by atoms with Gasteiger partial charge in [-0.1, -0.05) is 30.4 Å². The maximum Gasteiger partial charge on any atom is 0.175 e. The molecule has 1 aromatic carbocycles. The van der Waals surface area contributed by atoms with Crippen LogP contribution in [0.25, 0.3) is 11.0 Å². The number of ether oxygens (including phenoxy) is 1. The second-order valence-corrected chi connectivity index (χ2v) is 3.84. The predicted molar refractivity (Wildman–Crippen MR) is 63.5 cm³/mol. The molecule has 16 heavy (non-hydrogen) atoms. The number of hydrogen-bond donors (Lipinski definition) is 0. The van der Waals surface area contributed by atoms with E-state index in [0.29, 0.717) is 6.61 Å². The molecule has 0 amide bonds. The van der Waals surface area contributed by atoms with E-state index in [-0.39, 0.29) is 0 Å². The molecule has 0 saturated carbocycles. The molecule has 0 unspecified atom stereocenters. The van der Waals surface area contributed by atoms with Gasteiger partial charge in [-0.3, -0.25) is 0 Å². The van der Waals surface area contributed by atoms with Gasteiger partial charge in [0, 0.05) is 5.39 Å². The molecule has 2 aromatic rings. The fourth-order valence-corrected chi connectivity index (χ4v) is 1.85. The van der Waals surface area contributed by atoms with Crippen LogP contribution in [0.2, 0.25) is 0 Å². The number of rotatable bonds is 3. The third kappa shape index (κ3) is 1.63. The van der Waals surface area contributed by atoms with Gasteiger partial charge in [-0.15, -0.1) is 0 Å². The van der Waals surface area contributed by atoms with E-state index in [9.17, 15) is 0 Å². The quantitative estimate of drug-likeness (QED) is 0.774. The average Bonchev–Trinajstić information content (AvgIpc) is 2.97. The molecule has 1 aromatic heterocycles. The summed E-state index contributed by atoms with van der Waals surface area (Å²) in [7, 11) is 0. The van der Waals surface area contributed by atoms with Crippen molar-refractivity contribution in [2.45, 2.75) is 6.42 Å². The van der Waals surface area contributed by atoms with Crippen LogP contribution in [0.5, 0.6) is 5.75 Å². The standard InChI is InChI=1S/C14H12O2/c1-2-5-11(4-1)10-16-13-7-3-6-12-8-9-15-14(12)13/h1-4,6-9H,5,10H2. The highest BCUT2D eigenvalue weighted by Gasteiger charge is 2.06. The second-order valence-electron chi connectivity index (χ2n) is 3.84. The van der Waals surface area contributed by atoms with Crippen molar-refractivity contribution in [3.8, 4) is 5.75 Å². The lowest BCUT2D eigenvalue weighted by molar-refractivity contribution is 0.348. The van der Waals surface area contributed by atoms with Crippen LogP contribution in [0.15, 0.2) is 58.7 Å². The van der Waals surface area contributed by atoms with Crippen molar-refractivity contribution in [3.05, 3.63) is 54.3 Å². The summed E-state index contributed by atoms with van der Waals surface area (Å²) in [6.07, 6.45) is 8.97. The Morgan fingerprint density at radius 3 is 3.12 bits per heavy atom. The van der Waals surface area contributed by atoms with Gasteiger partial charge in [0.15, 0.2) is 11.3 Å². The first-order valence-electron chi connectivity index (χ1n) is 5.37. The van der Waals surface area contributed by atoms with Crippen molar-refractivity contribution < 1.29 is 9.15 Å². The SMILES string of the molecule is C1=CCC(COc2cccc3ccoc23)=C1. The molecular weight excluding hydrogens is 200 g/mol. The molecule has 80 valence electrons. The van der Waals surface area contributed by atoms with Gasteiger partial charge in [-0.05, 0) is 24.1 Å². The summed E-state index contributed by atoms with van der Waals surface area (Å²) in [5.41, 5.74) is 2.12. The molecule has 1 aliphatic rings. The van der Waals surface area contributed by atoms with E-state index < -0.39 is 0 Å². The van der Waals surface area contributed by atoms with E-state index in [1.54, 1.807) is 6.26 Å². The highest BCUT2D eigenvalue weighted by atomic mass is 16.5. The lowest BCUT2D eigenvalue weighted by Crippen LogP contribution is -1.99. The molecular formula is C14H12O2.